The first kappa shape index (κ1) is 7.21. The molecule has 0 fully saturated rings. The van der Waals surface area contributed by atoms with Crippen LogP contribution in [0.2, 0.25) is 0 Å². The molecule has 0 spiro atoms. The van der Waals surface area contributed by atoms with Crippen molar-refractivity contribution in [2.75, 3.05) is 13.1 Å². The number of nitrogens with two attached hydrogens (primary N) is 1. The number of carbonyl (C=O) groups excluding carboxylic acids is 1. The van der Waals surface area contributed by atoms with E-state index in [-0.39, 0.29) is 5.91 Å². The zero-order valence-electron chi connectivity index (χ0n) is 6.00. The molecule has 0 unspecified atom stereocenters. The summed E-state index contributed by atoms with van der Waals surface area (Å²) in [5, 5.41) is 5.41. The van der Waals surface area contributed by atoms with Crippen LogP contribution in [0.3, 0.4) is 0 Å². The molecular weight excluding hydrogens is 130 g/mol. The van der Waals surface area contributed by atoms with Gasteiger partial charge in [0.2, 0.25) is 5.91 Å². The monoisotopic (exact) mass is 141 g/mol. The van der Waals surface area contributed by atoms with E-state index in [0.29, 0.717) is 19.5 Å². The molecule has 4 nitrogen and oxygen atoms in total. The fraction of sp³-hybridized carbons (Fsp3) is 0.667. The summed E-state index contributed by atoms with van der Waals surface area (Å²) in [7, 11) is 0. The first-order chi connectivity index (χ1) is 4.74. The van der Waals surface area contributed by atoms with Crippen LogP contribution in [-0.4, -0.2) is 29.7 Å². The molecule has 0 aliphatic carbocycles. The summed E-state index contributed by atoms with van der Waals surface area (Å²) in [6, 6.07) is 0. The second kappa shape index (κ2) is 2.79. The van der Waals surface area contributed by atoms with Crippen molar-refractivity contribution in [1.29, 1.82) is 0 Å². The van der Waals surface area contributed by atoms with Gasteiger partial charge in [0.1, 0.15) is 0 Å². The molecule has 1 aliphatic heterocycles. The van der Waals surface area contributed by atoms with Crippen LogP contribution < -0.4 is 5.73 Å². The Morgan fingerprint density at radius 1 is 1.80 bits per heavy atom. The number of hydrazone groups is 1. The van der Waals surface area contributed by atoms with Crippen LogP contribution in [0.25, 0.3) is 0 Å². The molecule has 0 atom stereocenters. The maximum absolute atomic E-state index is 10.9. The summed E-state index contributed by atoms with van der Waals surface area (Å²) in [5.41, 5.74) is 6.13. The van der Waals surface area contributed by atoms with Crippen LogP contribution in [-0.2, 0) is 4.79 Å². The Balaban J connectivity index is 2.52. The van der Waals surface area contributed by atoms with Gasteiger partial charge in [0.05, 0.1) is 13.0 Å². The number of hydrogen-bond donors (Lipinski definition) is 1. The van der Waals surface area contributed by atoms with E-state index in [1.807, 2.05) is 6.92 Å². The van der Waals surface area contributed by atoms with Gasteiger partial charge in [0.25, 0.3) is 0 Å². The highest BCUT2D eigenvalue weighted by Gasteiger charge is 2.19. The van der Waals surface area contributed by atoms with Gasteiger partial charge in [-0.15, -0.1) is 0 Å². The standard InChI is InChI=1S/C6H11N3O/c1-5-4-6(10)9(8-5)3-2-7/h2-4,7H2,1H3. The molecule has 0 aromatic heterocycles. The van der Waals surface area contributed by atoms with Crippen molar-refractivity contribution in [3.63, 3.8) is 0 Å². The van der Waals surface area contributed by atoms with Crippen LogP contribution >= 0.6 is 0 Å². The van der Waals surface area contributed by atoms with Crippen molar-refractivity contribution in [2.24, 2.45) is 10.8 Å². The summed E-state index contributed by atoms with van der Waals surface area (Å²) < 4.78 is 0. The molecule has 56 valence electrons. The highest BCUT2D eigenvalue weighted by molar-refractivity contribution is 6.03. The maximum atomic E-state index is 10.9. The largest absolute Gasteiger partial charge is 0.329 e. The van der Waals surface area contributed by atoms with Gasteiger partial charge < -0.3 is 5.73 Å². The van der Waals surface area contributed by atoms with E-state index < -0.39 is 0 Å². The van der Waals surface area contributed by atoms with E-state index in [1.54, 1.807) is 0 Å². The molecule has 1 heterocycles. The molecule has 0 bridgehead atoms. The van der Waals surface area contributed by atoms with Crippen molar-refractivity contribution in [1.82, 2.24) is 5.01 Å². The molecule has 0 aromatic rings. The zero-order valence-corrected chi connectivity index (χ0v) is 6.00. The predicted octanol–water partition coefficient (Wildman–Crippen LogP) is -0.447. The molecule has 0 saturated heterocycles. The van der Waals surface area contributed by atoms with Gasteiger partial charge in [0, 0.05) is 12.3 Å². The molecule has 2 N–H and O–H groups in total. The molecule has 0 aromatic carbocycles. The van der Waals surface area contributed by atoms with Gasteiger partial charge >= 0.3 is 0 Å². The predicted molar refractivity (Wildman–Crippen MR) is 38.5 cm³/mol. The Labute approximate surface area is 59.7 Å². The highest BCUT2D eigenvalue weighted by Crippen LogP contribution is 2.05. The lowest BCUT2D eigenvalue weighted by Crippen LogP contribution is -2.26. The lowest BCUT2D eigenvalue weighted by molar-refractivity contribution is -0.128. The van der Waals surface area contributed by atoms with E-state index in [9.17, 15) is 4.79 Å². The Morgan fingerprint density at radius 3 is 2.90 bits per heavy atom. The lowest BCUT2D eigenvalue weighted by atomic mass is 10.3. The Bertz CT molecular complexity index is 176. The average molecular weight is 141 g/mol. The smallest absolute Gasteiger partial charge is 0.248 e. The van der Waals surface area contributed by atoms with E-state index >= 15 is 0 Å². The van der Waals surface area contributed by atoms with Crippen LogP contribution in [0.1, 0.15) is 13.3 Å². The van der Waals surface area contributed by atoms with Crippen molar-refractivity contribution in [3.8, 4) is 0 Å². The minimum atomic E-state index is 0.0583. The maximum Gasteiger partial charge on any atom is 0.248 e. The second-order valence-corrected chi connectivity index (χ2v) is 2.32. The molecular formula is C6H11N3O. The van der Waals surface area contributed by atoms with Gasteiger partial charge in [-0.3, -0.25) is 4.79 Å². The Hall–Kier alpha value is -0.900. The molecule has 0 radical (unpaired) electrons. The number of hydrogen-bond acceptors (Lipinski definition) is 3. The first-order valence-electron chi connectivity index (χ1n) is 3.28. The van der Waals surface area contributed by atoms with Crippen molar-refractivity contribution < 1.29 is 4.79 Å². The van der Waals surface area contributed by atoms with Gasteiger partial charge in [0.15, 0.2) is 0 Å². The van der Waals surface area contributed by atoms with Crippen molar-refractivity contribution >= 4 is 11.6 Å². The zero-order chi connectivity index (χ0) is 7.56. The summed E-state index contributed by atoms with van der Waals surface area (Å²) >= 11 is 0. The SMILES string of the molecule is CC1=NN(CCN)C(=O)C1. The molecule has 1 amide bonds. The van der Waals surface area contributed by atoms with E-state index in [0.717, 1.165) is 5.71 Å². The number of rotatable bonds is 2. The quantitative estimate of drug-likeness (QED) is 0.566. The molecule has 0 saturated carbocycles. The fourth-order valence-corrected chi connectivity index (χ4v) is 0.904. The van der Waals surface area contributed by atoms with E-state index in [1.165, 1.54) is 5.01 Å². The van der Waals surface area contributed by atoms with Gasteiger partial charge in [-0.2, -0.15) is 5.10 Å². The van der Waals surface area contributed by atoms with E-state index in [2.05, 4.69) is 5.10 Å². The lowest BCUT2D eigenvalue weighted by Gasteiger charge is -2.08. The van der Waals surface area contributed by atoms with Crippen LogP contribution in [0.15, 0.2) is 5.10 Å². The van der Waals surface area contributed by atoms with Gasteiger partial charge in [-0.25, -0.2) is 5.01 Å². The normalized spacial score (nSPS) is 18.0. The summed E-state index contributed by atoms with van der Waals surface area (Å²) in [4.78, 5) is 10.9. The molecule has 1 rings (SSSR count). The summed E-state index contributed by atoms with van der Waals surface area (Å²) in [6.45, 7) is 2.85. The Kier molecular flexibility index (Phi) is 2.01. The number of carbonyl (C=O) groups is 1. The highest BCUT2D eigenvalue weighted by atomic mass is 16.2. The minimum Gasteiger partial charge on any atom is -0.329 e. The van der Waals surface area contributed by atoms with Crippen molar-refractivity contribution in [2.45, 2.75) is 13.3 Å². The van der Waals surface area contributed by atoms with Crippen LogP contribution in [0.4, 0.5) is 0 Å². The average Bonchev–Trinajstić information content (AvgIpc) is 2.13. The number of nitrogens with zero attached hydrogens (tertiary/aromatic N) is 2. The first-order valence-corrected chi connectivity index (χ1v) is 3.28. The van der Waals surface area contributed by atoms with Crippen molar-refractivity contribution in [3.05, 3.63) is 0 Å². The van der Waals surface area contributed by atoms with E-state index in [4.69, 9.17) is 5.73 Å². The van der Waals surface area contributed by atoms with Crippen LogP contribution in [0.5, 0.6) is 0 Å². The minimum absolute atomic E-state index is 0.0583. The number of amides is 1. The fourth-order valence-electron chi connectivity index (χ4n) is 0.904. The summed E-state index contributed by atoms with van der Waals surface area (Å²) in [6.07, 6.45) is 0.458. The third-order valence-electron chi connectivity index (χ3n) is 1.33. The molecule has 4 heteroatoms. The Morgan fingerprint density at radius 2 is 2.50 bits per heavy atom. The third-order valence-corrected chi connectivity index (χ3v) is 1.33. The summed E-state index contributed by atoms with van der Waals surface area (Å²) in [5.74, 6) is 0.0583. The third kappa shape index (κ3) is 1.33. The van der Waals surface area contributed by atoms with Gasteiger partial charge in [-0.1, -0.05) is 0 Å². The second-order valence-electron chi connectivity index (χ2n) is 2.32. The molecule has 1 aliphatic rings. The van der Waals surface area contributed by atoms with Gasteiger partial charge in [-0.05, 0) is 6.92 Å². The molecule has 10 heavy (non-hydrogen) atoms. The topological polar surface area (TPSA) is 58.7 Å². The van der Waals surface area contributed by atoms with Crippen LogP contribution in [0, 0.1) is 0 Å².